The molecule has 3 N–H and O–H groups in total. The van der Waals surface area contributed by atoms with Crippen LogP contribution in [0.1, 0.15) is 12.5 Å². The minimum Gasteiger partial charge on any atom is -0.423 e. The van der Waals surface area contributed by atoms with E-state index in [0.29, 0.717) is 16.0 Å². The first-order valence-corrected chi connectivity index (χ1v) is 4.77. The van der Waals surface area contributed by atoms with Gasteiger partial charge in [-0.15, -0.1) is 0 Å². The Morgan fingerprint density at radius 3 is 2.73 bits per heavy atom. The smallest absolute Gasteiger partial charge is 0.423 e. The van der Waals surface area contributed by atoms with Crippen molar-refractivity contribution < 1.29 is 14.8 Å². The first-order valence-electron chi connectivity index (χ1n) is 4.39. The van der Waals surface area contributed by atoms with E-state index in [4.69, 9.17) is 21.6 Å². The molecule has 1 aromatic rings. The van der Waals surface area contributed by atoms with E-state index in [9.17, 15) is 4.79 Å². The van der Waals surface area contributed by atoms with Gasteiger partial charge in [0.1, 0.15) is 0 Å². The highest BCUT2D eigenvalue weighted by Gasteiger charge is 2.12. The lowest BCUT2D eigenvalue weighted by atomic mass is 9.79. The minimum absolute atomic E-state index is 0.166. The summed E-state index contributed by atoms with van der Waals surface area (Å²) in [4.78, 5) is 10.7. The minimum atomic E-state index is -1.53. The number of hydrogen-bond acceptors (Lipinski definition) is 3. The first kappa shape index (κ1) is 12.0. The van der Waals surface area contributed by atoms with Crippen LogP contribution in [0, 0.1) is 0 Å². The van der Waals surface area contributed by atoms with Crippen LogP contribution in [-0.2, 0) is 11.3 Å². The normalized spacial score (nSPS) is 9.87. The fourth-order valence-electron chi connectivity index (χ4n) is 1.11. The average molecular weight is 227 g/mol. The number of halogens is 1. The van der Waals surface area contributed by atoms with Gasteiger partial charge in [-0.05, 0) is 17.1 Å². The van der Waals surface area contributed by atoms with E-state index >= 15 is 0 Å². The van der Waals surface area contributed by atoms with Crippen molar-refractivity contribution in [1.82, 2.24) is 5.32 Å². The van der Waals surface area contributed by atoms with Crippen molar-refractivity contribution in [3.05, 3.63) is 28.8 Å². The van der Waals surface area contributed by atoms with Gasteiger partial charge in [-0.1, -0.05) is 23.7 Å². The fourth-order valence-corrected chi connectivity index (χ4v) is 1.29. The topological polar surface area (TPSA) is 69.6 Å². The van der Waals surface area contributed by atoms with Crippen molar-refractivity contribution in [3.8, 4) is 0 Å². The van der Waals surface area contributed by atoms with Gasteiger partial charge in [-0.25, -0.2) is 0 Å². The molecular weight excluding hydrogens is 216 g/mol. The molecule has 0 spiro atoms. The maximum Gasteiger partial charge on any atom is 0.488 e. The largest absolute Gasteiger partial charge is 0.488 e. The Kier molecular flexibility index (Phi) is 4.14. The van der Waals surface area contributed by atoms with Crippen LogP contribution in [0.4, 0.5) is 0 Å². The molecule has 0 fully saturated rings. The zero-order chi connectivity index (χ0) is 11.4. The summed E-state index contributed by atoms with van der Waals surface area (Å²) < 4.78 is 0. The predicted molar refractivity (Wildman–Crippen MR) is 58.8 cm³/mol. The van der Waals surface area contributed by atoms with Crippen molar-refractivity contribution in [2.24, 2.45) is 0 Å². The molecule has 15 heavy (non-hydrogen) atoms. The zero-order valence-electron chi connectivity index (χ0n) is 8.20. The van der Waals surface area contributed by atoms with Gasteiger partial charge in [-0.3, -0.25) is 4.79 Å². The number of amides is 1. The lowest BCUT2D eigenvalue weighted by Crippen LogP contribution is -2.30. The van der Waals surface area contributed by atoms with Gasteiger partial charge >= 0.3 is 7.12 Å². The second-order valence-corrected chi connectivity index (χ2v) is 3.54. The molecule has 0 radical (unpaired) electrons. The van der Waals surface area contributed by atoms with Gasteiger partial charge < -0.3 is 15.4 Å². The van der Waals surface area contributed by atoms with E-state index in [2.05, 4.69) is 5.32 Å². The van der Waals surface area contributed by atoms with Gasteiger partial charge in [0.05, 0.1) is 0 Å². The maximum absolute atomic E-state index is 10.7. The van der Waals surface area contributed by atoms with Crippen LogP contribution in [0.5, 0.6) is 0 Å². The lowest BCUT2D eigenvalue weighted by Gasteiger charge is -2.07. The third-order valence-electron chi connectivity index (χ3n) is 1.90. The van der Waals surface area contributed by atoms with Crippen LogP contribution in [0.25, 0.3) is 0 Å². The molecule has 1 amide bonds. The second kappa shape index (κ2) is 5.16. The molecule has 6 heteroatoms. The molecular formula is C9H11BClNO3. The Balaban J connectivity index is 2.85. The Hall–Kier alpha value is -1.04. The predicted octanol–water partition coefficient (Wildman–Crippen LogP) is -0.344. The summed E-state index contributed by atoms with van der Waals surface area (Å²) in [5.41, 5.74) is 0.997. The summed E-state index contributed by atoms with van der Waals surface area (Å²) in [5.74, 6) is -0.166. The monoisotopic (exact) mass is 227 g/mol. The molecule has 0 saturated heterocycles. The van der Waals surface area contributed by atoms with Gasteiger partial charge in [0.15, 0.2) is 0 Å². The van der Waals surface area contributed by atoms with E-state index in [1.807, 2.05) is 0 Å². The molecule has 0 aromatic heterocycles. The Morgan fingerprint density at radius 1 is 1.53 bits per heavy atom. The molecule has 0 heterocycles. The highest BCUT2D eigenvalue weighted by atomic mass is 35.5. The summed E-state index contributed by atoms with van der Waals surface area (Å²) in [6, 6.07) is 4.63. The third-order valence-corrected chi connectivity index (χ3v) is 2.26. The van der Waals surface area contributed by atoms with Gasteiger partial charge in [0.2, 0.25) is 5.91 Å². The van der Waals surface area contributed by atoms with Gasteiger partial charge in [0, 0.05) is 18.5 Å². The van der Waals surface area contributed by atoms with Gasteiger partial charge in [-0.2, -0.15) is 0 Å². The standard InChI is InChI=1S/C9H11BClNO3/c1-6(13)12-5-7-4-8(10(14)15)2-3-9(7)11/h2-4,14-15H,5H2,1H3,(H,12,13). The fraction of sp³-hybridized carbons (Fsp3) is 0.222. The van der Waals surface area contributed by atoms with E-state index in [-0.39, 0.29) is 12.5 Å². The average Bonchev–Trinajstić information content (AvgIpc) is 2.16. The highest BCUT2D eigenvalue weighted by Crippen LogP contribution is 2.13. The summed E-state index contributed by atoms with van der Waals surface area (Å²) in [6.45, 7) is 1.67. The number of rotatable bonds is 3. The van der Waals surface area contributed by atoms with Crippen molar-refractivity contribution >= 4 is 30.1 Å². The van der Waals surface area contributed by atoms with Crippen molar-refractivity contribution in [2.75, 3.05) is 0 Å². The molecule has 1 aromatic carbocycles. The van der Waals surface area contributed by atoms with Crippen LogP contribution >= 0.6 is 11.6 Å². The second-order valence-electron chi connectivity index (χ2n) is 3.13. The molecule has 4 nitrogen and oxygen atoms in total. The third kappa shape index (κ3) is 3.55. The zero-order valence-corrected chi connectivity index (χ0v) is 8.95. The van der Waals surface area contributed by atoms with E-state index in [1.165, 1.54) is 13.0 Å². The number of benzene rings is 1. The number of carbonyl (C=O) groups is 1. The van der Waals surface area contributed by atoms with Crippen LogP contribution < -0.4 is 10.8 Å². The Labute approximate surface area is 93.0 Å². The first-order chi connectivity index (χ1) is 7.00. The molecule has 1 rings (SSSR count). The summed E-state index contributed by atoms with van der Waals surface area (Å²) in [5, 5.41) is 20.9. The molecule has 0 aliphatic rings. The number of nitrogens with one attached hydrogen (secondary N) is 1. The SMILES string of the molecule is CC(=O)NCc1cc(B(O)O)ccc1Cl. The molecule has 0 bridgehead atoms. The molecule has 0 aliphatic carbocycles. The molecule has 0 saturated carbocycles. The summed E-state index contributed by atoms with van der Waals surface area (Å²) in [6.07, 6.45) is 0. The maximum atomic E-state index is 10.7. The van der Waals surface area contributed by atoms with Crippen molar-refractivity contribution in [2.45, 2.75) is 13.5 Å². The number of carbonyl (C=O) groups excluding carboxylic acids is 1. The lowest BCUT2D eigenvalue weighted by molar-refractivity contribution is -0.119. The van der Waals surface area contributed by atoms with Crippen molar-refractivity contribution in [1.29, 1.82) is 0 Å². The highest BCUT2D eigenvalue weighted by molar-refractivity contribution is 6.58. The Morgan fingerprint density at radius 2 is 2.20 bits per heavy atom. The van der Waals surface area contributed by atoms with E-state index < -0.39 is 7.12 Å². The molecule has 0 unspecified atom stereocenters. The quantitative estimate of drug-likeness (QED) is 0.619. The van der Waals surface area contributed by atoms with Crippen molar-refractivity contribution in [3.63, 3.8) is 0 Å². The van der Waals surface area contributed by atoms with Gasteiger partial charge in [0.25, 0.3) is 0 Å². The number of hydrogen-bond donors (Lipinski definition) is 3. The Bertz CT molecular complexity index is 370. The van der Waals surface area contributed by atoms with E-state index in [0.717, 1.165) is 0 Å². The molecule has 0 atom stereocenters. The van der Waals surface area contributed by atoms with Crippen LogP contribution in [-0.4, -0.2) is 23.1 Å². The summed E-state index contributed by atoms with van der Waals surface area (Å²) in [7, 11) is -1.53. The van der Waals surface area contributed by atoms with E-state index in [1.54, 1.807) is 12.1 Å². The van der Waals surface area contributed by atoms with Crippen LogP contribution in [0.2, 0.25) is 5.02 Å². The molecule has 80 valence electrons. The summed E-state index contributed by atoms with van der Waals surface area (Å²) >= 11 is 5.87. The van der Waals surface area contributed by atoms with Crippen LogP contribution in [0.15, 0.2) is 18.2 Å². The van der Waals surface area contributed by atoms with Crippen LogP contribution in [0.3, 0.4) is 0 Å². The molecule has 0 aliphatic heterocycles.